The number of hydrogen-bond donors (Lipinski definition) is 0. The maximum Gasteiger partial charge on any atom is 0.246 e. The molecule has 22 heavy (non-hydrogen) atoms. The van der Waals surface area contributed by atoms with Crippen molar-refractivity contribution in [3.8, 4) is 0 Å². The third-order valence-electron chi connectivity index (χ3n) is 4.10. The molecule has 0 spiro atoms. The maximum atomic E-state index is 12.0. The zero-order chi connectivity index (χ0) is 16.6. The van der Waals surface area contributed by atoms with E-state index in [9.17, 15) is 4.79 Å². The van der Waals surface area contributed by atoms with Crippen molar-refractivity contribution < 1.29 is 9.53 Å². The zero-order valence-corrected chi connectivity index (χ0v) is 15.1. The molecule has 1 unspecified atom stereocenters. The van der Waals surface area contributed by atoms with E-state index < -0.39 is 0 Å². The highest BCUT2D eigenvalue weighted by Crippen LogP contribution is 2.18. The highest BCUT2D eigenvalue weighted by Gasteiger charge is 2.15. The number of rotatable bonds is 8. The van der Waals surface area contributed by atoms with Crippen LogP contribution in [0.25, 0.3) is 0 Å². The van der Waals surface area contributed by atoms with Crippen LogP contribution in [0.5, 0.6) is 0 Å². The minimum Gasteiger partial charge on any atom is -0.381 e. The summed E-state index contributed by atoms with van der Waals surface area (Å²) in [5.74, 6) is 0.853. The van der Waals surface area contributed by atoms with Crippen molar-refractivity contribution in [2.75, 3.05) is 46.9 Å². The molecule has 0 aromatic rings. The maximum absolute atomic E-state index is 12.0. The fourth-order valence-electron chi connectivity index (χ4n) is 2.45. The number of hydrogen-bond acceptors (Lipinski definition) is 3. The minimum absolute atomic E-state index is 0.0528. The van der Waals surface area contributed by atoms with E-state index in [1.807, 2.05) is 13.1 Å². The Kier molecular flexibility index (Phi) is 8.12. The second-order valence-corrected chi connectivity index (χ2v) is 7.63. The largest absolute Gasteiger partial charge is 0.381 e. The molecular formula is C18H34N2O2. The molecule has 1 saturated heterocycles. The first-order chi connectivity index (χ1) is 10.3. The number of nitrogens with zero attached hydrogens (tertiary/aromatic N) is 2. The lowest BCUT2D eigenvalue weighted by Crippen LogP contribution is -2.34. The van der Waals surface area contributed by atoms with Crippen LogP contribution in [-0.4, -0.2) is 62.7 Å². The summed E-state index contributed by atoms with van der Waals surface area (Å²) in [4.78, 5) is 16.1. The van der Waals surface area contributed by atoms with Crippen molar-refractivity contribution in [2.45, 2.75) is 40.0 Å². The average Bonchev–Trinajstić information content (AvgIpc) is 2.94. The minimum atomic E-state index is 0.0528. The smallest absolute Gasteiger partial charge is 0.246 e. The molecule has 1 atom stereocenters. The predicted octanol–water partition coefficient (Wildman–Crippen LogP) is 2.80. The monoisotopic (exact) mass is 310 g/mol. The second kappa shape index (κ2) is 9.31. The Morgan fingerprint density at radius 1 is 1.23 bits per heavy atom. The van der Waals surface area contributed by atoms with E-state index in [1.54, 1.807) is 11.0 Å². The van der Waals surface area contributed by atoms with E-state index in [-0.39, 0.29) is 11.3 Å². The molecule has 1 heterocycles. The lowest BCUT2D eigenvalue weighted by atomic mass is 9.96. The molecule has 0 N–H and O–H groups in total. The van der Waals surface area contributed by atoms with Crippen LogP contribution in [0.1, 0.15) is 40.0 Å². The van der Waals surface area contributed by atoms with E-state index in [4.69, 9.17) is 4.74 Å². The summed E-state index contributed by atoms with van der Waals surface area (Å²) in [6.45, 7) is 11.0. The van der Waals surface area contributed by atoms with Crippen LogP contribution >= 0.6 is 0 Å². The van der Waals surface area contributed by atoms with Gasteiger partial charge in [-0.1, -0.05) is 26.8 Å². The Labute approximate surface area is 136 Å². The first-order valence-electron chi connectivity index (χ1n) is 8.48. The van der Waals surface area contributed by atoms with Crippen LogP contribution in [0.2, 0.25) is 0 Å². The van der Waals surface area contributed by atoms with Crippen LogP contribution in [0.4, 0.5) is 0 Å². The molecule has 0 aromatic carbocycles. The van der Waals surface area contributed by atoms with Crippen LogP contribution in [0.3, 0.4) is 0 Å². The van der Waals surface area contributed by atoms with Gasteiger partial charge in [-0.25, -0.2) is 0 Å². The van der Waals surface area contributed by atoms with Gasteiger partial charge in [-0.15, -0.1) is 0 Å². The van der Waals surface area contributed by atoms with Gasteiger partial charge in [0.15, 0.2) is 0 Å². The molecule has 1 aliphatic heterocycles. The fourth-order valence-corrected chi connectivity index (χ4v) is 2.45. The Morgan fingerprint density at radius 2 is 1.95 bits per heavy atom. The third-order valence-corrected chi connectivity index (χ3v) is 4.10. The van der Waals surface area contributed by atoms with Crippen LogP contribution in [-0.2, 0) is 9.53 Å². The topological polar surface area (TPSA) is 32.8 Å². The summed E-state index contributed by atoms with van der Waals surface area (Å²) in [5, 5.41) is 0. The van der Waals surface area contributed by atoms with Gasteiger partial charge < -0.3 is 14.5 Å². The number of allylic oxidation sites excluding steroid dienone is 1. The molecule has 4 heteroatoms. The third kappa shape index (κ3) is 8.54. The zero-order valence-electron chi connectivity index (χ0n) is 15.1. The summed E-state index contributed by atoms with van der Waals surface area (Å²) < 4.78 is 5.40. The van der Waals surface area contributed by atoms with E-state index in [0.717, 1.165) is 38.8 Å². The number of amides is 1. The summed E-state index contributed by atoms with van der Waals surface area (Å²) in [6.07, 6.45) is 7.36. The quantitative estimate of drug-likeness (QED) is 0.646. The van der Waals surface area contributed by atoms with Gasteiger partial charge >= 0.3 is 0 Å². The SMILES string of the molecule is CN(CCCC1CCOC1)CCN(C)C(=O)/C=C/C(C)(C)C. The summed E-state index contributed by atoms with van der Waals surface area (Å²) in [5.41, 5.74) is 0.0528. The lowest BCUT2D eigenvalue weighted by molar-refractivity contribution is -0.125. The molecule has 0 saturated carbocycles. The summed E-state index contributed by atoms with van der Waals surface area (Å²) >= 11 is 0. The van der Waals surface area contributed by atoms with Crippen LogP contribution in [0, 0.1) is 11.3 Å². The van der Waals surface area contributed by atoms with Gasteiger partial charge in [0.05, 0.1) is 0 Å². The van der Waals surface area contributed by atoms with Crippen molar-refractivity contribution >= 4 is 5.91 Å². The summed E-state index contributed by atoms with van der Waals surface area (Å²) in [6, 6.07) is 0. The molecule has 0 bridgehead atoms. The van der Waals surface area contributed by atoms with Gasteiger partial charge in [-0.3, -0.25) is 4.79 Å². The van der Waals surface area contributed by atoms with Gasteiger partial charge in [0, 0.05) is 33.4 Å². The molecule has 4 nitrogen and oxygen atoms in total. The van der Waals surface area contributed by atoms with E-state index in [1.165, 1.54) is 19.3 Å². The van der Waals surface area contributed by atoms with Gasteiger partial charge in [-0.2, -0.15) is 0 Å². The van der Waals surface area contributed by atoms with Crippen molar-refractivity contribution in [1.29, 1.82) is 0 Å². The average molecular weight is 310 g/mol. The first-order valence-corrected chi connectivity index (χ1v) is 8.48. The lowest BCUT2D eigenvalue weighted by Gasteiger charge is -2.22. The van der Waals surface area contributed by atoms with Crippen molar-refractivity contribution in [2.24, 2.45) is 11.3 Å². The van der Waals surface area contributed by atoms with E-state index in [2.05, 4.69) is 32.7 Å². The fraction of sp³-hybridized carbons (Fsp3) is 0.833. The molecule has 1 rings (SSSR count). The van der Waals surface area contributed by atoms with Crippen molar-refractivity contribution in [1.82, 2.24) is 9.80 Å². The van der Waals surface area contributed by atoms with Crippen LogP contribution < -0.4 is 0 Å². The molecule has 0 aliphatic carbocycles. The molecule has 128 valence electrons. The predicted molar refractivity (Wildman–Crippen MR) is 91.9 cm³/mol. The van der Waals surface area contributed by atoms with Crippen LogP contribution in [0.15, 0.2) is 12.2 Å². The van der Waals surface area contributed by atoms with E-state index in [0.29, 0.717) is 0 Å². The normalized spacial score (nSPS) is 19.3. The Morgan fingerprint density at radius 3 is 2.55 bits per heavy atom. The van der Waals surface area contributed by atoms with Crippen molar-refractivity contribution in [3.63, 3.8) is 0 Å². The summed E-state index contributed by atoms with van der Waals surface area (Å²) in [7, 11) is 4.01. The molecule has 1 fully saturated rings. The standard InChI is InChI=1S/C18H34N2O2/c1-18(2,3)10-8-17(21)20(5)13-12-19(4)11-6-7-16-9-14-22-15-16/h8,10,16H,6-7,9,11-15H2,1-5H3/b10-8+. The molecule has 1 amide bonds. The van der Waals surface area contributed by atoms with Gasteiger partial charge in [-0.05, 0) is 50.3 Å². The van der Waals surface area contributed by atoms with Gasteiger partial charge in [0.2, 0.25) is 5.91 Å². The second-order valence-electron chi connectivity index (χ2n) is 7.63. The highest BCUT2D eigenvalue weighted by molar-refractivity contribution is 5.87. The number of carbonyl (C=O) groups excluding carboxylic acids is 1. The number of likely N-dealkylation sites (N-methyl/N-ethyl adjacent to an activating group) is 2. The molecule has 0 radical (unpaired) electrons. The van der Waals surface area contributed by atoms with E-state index >= 15 is 0 Å². The number of carbonyl (C=O) groups is 1. The van der Waals surface area contributed by atoms with Crippen molar-refractivity contribution in [3.05, 3.63) is 12.2 Å². The highest BCUT2D eigenvalue weighted by atomic mass is 16.5. The van der Waals surface area contributed by atoms with Gasteiger partial charge in [0.25, 0.3) is 0 Å². The Bertz CT molecular complexity index is 355. The van der Waals surface area contributed by atoms with Gasteiger partial charge in [0.1, 0.15) is 0 Å². The Hall–Kier alpha value is -0.870. The molecular weight excluding hydrogens is 276 g/mol. The Balaban J connectivity index is 2.15. The number of ether oxygens (including phenoxy) is 1. The molecule has 1 aliphatic rings. The molecule has 0 aromatic heterocycles. The first kappa shape index (κ1) is 19.2.